The zero-order chi connectivity index (χ0) is 17.0. The number of amides is 2. The molecule has 0 spiro atoms. The van der Waals surface area contributed by atoms with E-state index >= 15 is 0 Å². The monoisotopic (exact) mass is 342 g/mol. The van der Waals surface area contributed by atoms with Crippen LogP contribution in [0.15, 0.2) is 51.8 Å². The fourth-order valence-corrected chi connectivity index (χ4v) is 2.06. The second-order valence-corrected chi connectivity index (χ2v) is 5.20. The number of alkyl halides is 3. The summed E-state index contributed by atoms with van der Waals surface area (Å²) in [6.45, 7) is 3.31. The lowest BCUT2D eigenvalue weighted by atomic mass is 10.2. The van der Waals surface area contributed by atoms with Gasteiger partial charge < -0.3 is 5.32 Å². The average Bonchev–Trinajstić information content (AvgIpc) is 2.48. The molecule has 2 rings (SSSR count). The Labute approximate surface area is 132 Å². The van der Waals surface area contributed by atoms with E-state index in [2.05, 4.69) is 27.1 Å². The first-order valence-corrected chi connectivity index (χ1v) is 7.08. The van der Waals surface area contributed by atoms with E-state index in [1.165, 1.54) is 12.1 Å². The smallest absolute Gasteiger partial charge is 0.325 e. The van der Waals surface area contributed by atoms with Gasteiger partial charge in [0.05, 0.1) is 11.3 Å². The fourth-order valence-electron chi connectivity index (χ4n) is 1.48. The minimum absolute atomic E-state index is 0.0124. The molecule has 0 saturated carbocycles. The van der Waals surface area contributed by atoms with Crippen LogP contribution in [-0.4, -0.2) is 22.7 Å². The van der Waals surface area contributed by atoms with Crippen molar-refractivity contribution in [1.29, 1.82) is 0 Å². The Morgan fingerprint density at radius 2 is 2.04 bits per heavy atom. The van der Waals surface area contributed by atoms with Gasteiger partial charge in [-0.1, -0.05) is 24.4 Å². The number of hydrogen-bond acceptors (Lipinski definition) is 5. The van der Waals surface area contributed by atoms with E-state index in [1.807, 2.05) is 0 Å². The van der Waals surface area contributed by atoms with Crippen LogP contribution in [0.4, 0.5) is 18.9 Å². The van der Waals surface area contributed by atoms with Gasteiger partial charge in [-0.05, 0) is 18.2 Å². The maximum Gasteiger partial charge on any atom is 0.416 e. The van der Waals surface area contributed by atoms with Gasteiger partial charge in [0.25, 0.3) is 5.91 Å². The Morgan fingerprint density at radius 1 is 1.30 bits per heavy atom. The second-order valence-electron chi connectivity index (χ2n) is 4.26. The molecule has 0 bridgehead atoms. The summed E-state index contributed by atoms with van der Waals surface area (Å²) >= 11 is 0.834. The molecule has 1 heterocycles. The molecule has 1 aliphatic rings. The number of anilines is 1. The van der Waals surface area contributed by atoms with E-state index in [0.717, 1.165) is 23.9 Å². The normalized spacial score (nSPS) is 14.7. The number of amidine groups is 1. The lowest BCUT2D eigenvalue weighted by molar-refractivity contribution is -0.137. The van der Waals surface area contributed by atoms with E-state index in [4.69, 9.17) is 0 Å². The van der Waals surface area contributed by atoms with Gasteiger partial charge in [-0.25, -0.2) is 0 Å². The zero-order valence-electron chi connectivity index (χ0n) is 11.4. The first-order chi connectivity index (χ1) is 10.8. The fraction of sp³-hybridized carbons (Fsp3) is 0.154. The molecule has 1 aliphatic heterocycles. The molecule has 1 aromatic rings. The third kappa shape index (κ3) is 4.74. The summed E-state index contributed by atoms with van der Waals surface area (Å²) in [5, 5.41) is 9.35. The molecule has 0 unspecified atom stereocenters. The highest BCUT2D eigenvalue weighted by atomic mass is 32.2. The van der Waals surface area contributed by atoms with Crippen molar-refractivity contribution in [3.8, 4) is 0 Å². The highest BCUT2D eigenvalue weighted by Crippen LogP contribution is 2.30. The van der Waals surface area contributed by atoms with Crippen LogP contribution in [-0.2, 0) is 15.8 Å². The topological polar surface area (TPSA) is 83.2 Å². The van der Waals surface area contributed by atoms with Crippen LogP contribution >= 0.6 is 11.8 Å². The molecule has 0 atom stereocenters. The number of carbonyl (C=O) groups excluding carboxylic acids is 2. The summed E-state index contributed by atoms with van der Waals surface area (Å²) in [6.07, 6.45) is -4.49. The maximum atomic E-state index is 12.6. The van der Waals surface area contributed by atoms with Crippen LogP contribution < -0.4 is 5.32 Å². The van der Waals surface area contributed by atoms with Crippen molar-refractivity contribution in [2.24, 2.45) is 15.2 Å². The summed E-state index contributed by atoms with van der Waals surface area (Å²) < 4.78 is 37.7. The summed E-state index contributed by atoms with van der Waals surface area (Å²) in [7, 11) is 0. The molecule has 1 N–H and O–H groups in total. The Bertz CT molecular complexity index is 728. The predicted octanol–water partition coefficient (Wildman–Crippen LogP) is 3.24. The van der Waals surface area contributed by atoms with Crippen molar-refractivity contribution in [2.75, 3.05) is 11.1 Å². The number of thioether (sulfide) groups is 1. The largest absolute Gasteiger partial charge is 0.416 e. The molecule has 6 nitrogen and oxygen atoms in total. The lowest BCUT2D eigenvalue weighted by Crippen LogP contribution is -2.16. The summed E-state index contributed by atoms with van der Waals surface area (Å²) in [5.41, 5.74) is -0.956. The molecule has 0 fully saturated rings. The summed E-state index contributed by atoms with van der Waals surface area (Å²) in [4.78, 5) is 26.5. The van der Waals surface area contributed by atoms with Crippen molar-refractivity contribution < 1.29 is 22.8 Å². The summed E-state index contributed by atoms with van der Waals surface area (Å²) in [5.74, 6) is -1.40. The number of nitrogens with one attached hydrogen (secondary N) is 1. The molecule has 1 aromatic carbocycles. The van der Waals surface area contributed by atoms with Crippen LogP contribution in [0.5, 0.6) is 0 Å². The molecular formula is C13H9F3N4O2S. The van der Waals surface area contributed by atoms with E-state index in [1.54, 1.807) is 0 Å². The first-order valence-electron chi connectivity index (χ1n) is 6.09. The first kappa shape index (κ1) is 16.9. The van der Waals surface area contributed by atoms with E-state index in [0.29, 0.717) is 0 Å². The third-order valence-corrected chi connectivity index (χ3v) is 3.34. The number of benzene rings is 1. The SMILES string of the molecule is C=C1N=NC(SCC(=O)Nc2cccc(C(F)(F)F)c2)=NC1=O. The average molecular weight is 342 g/mol. The van der Waals surface area contributed by atoms with Gasteiger partial charge in [-0.15, -0.1) is 10.2 Å². The van der Waals surface area contributed by atoms with Gasteiger partial charge in [-0.2, -0.15) is 18.2 Å². The van der Waals surface area contributed by atoms with Crippen molar-refractivity contribution in [2.45, 2.75) is 6.18 Å². The van der Waals surface area contributed by atoms with Gasteiger partial charge in [0.15, 0.2) is 0 Å². The van der Waals surface area contributed by atoms with Crippen molar-refractivity contribution in [3.05, 3.63) is 42.1 Å². The quantitative estimate of drug-likeness (QED) is 0.856. The number of halogens is 3. The Kier molecular flexibility index (Phi) is 4.94. The molecule has 0 aromatic heterocycles. The molecule has 10 heteroatoms. The molecule has 0 aliphatic carbocycles. The minimum atomic E-state index is -4.49. The van der Waals surface area contributed by atoms with E-state index in [9.17, 15) is 22.8 Å². The van der Waals surface area contributed by atoms with Gasteiger partial charge in [0.2, 0.25) is 11.1 Å². The van der Waals surface area contributed by atoms with Crippen molar-refractivity contribution in [3.63, 3.8) is 0 Å². The summed E-state index contributed by atoms with van der Waals surface area (Å²) in [6, 6.07) is 4.26. The van der Waals surface area contributed by atoms with Gasteiger partial charge in [0, 0.05) is 5.69 Å². The molecule has 120 valence electrons. The standard InChI is InChI=1S/C13H9F3N4O2S/c1-7-11(22)18-12(20-19-7)23-6-10(21)17-9-4-2-3-8(5-9)13(14,15)16/h2-5H,1,6H2,(H,17,21). The molecular weight excluding hydrogens is 333 g/mol. The van der Waals surface area contributed by atoms with Crippen LogP contribution in [0.1, 0.15) is 5.56 Å². The molecule has 2 amide bonds. The number of nitrogens with zero attached hydrogens (tertiary/aromatic N) is 3. The molecule has 0 saturated heterocycles. The van der Waals surface area contributed by atoms with Crippen LogP contribution in [0.3, 0.4) is 0 Å². The molecule has 23 heavy (non-hydrogen) atoms. The zero-order valence-corrected chi connectivity index (χ0v) is 12.2. The van der Waals surface area contributed by atoms with Crippen LogP contribution in [0.25, 0.3) is 0 Å². The number of carbonyl (C=O) groups is 2. The van der Waals surface area contributed by atoms with Crippen molar-refractivity contribution in [1.82, 2.24) is 0 Å². The van der Waals surface area contributed by atoms with Crippen LogP contribution in [0.2, 0.25) is 0 Å². The Morgan fingerprint density at radius 3 is 2.70 bits per heavy atom. The minimum Gasteiger partial charge on any atom is -0.325 e. The number of azo groups is 1. The van der Waals surface area contributed by atoms with Gasteiger partial charge >= 0.3 is 6.18 Å². The predicted molar refractivity (Wildman–Crippen MR) is 79.0 cm³/mol. The highest BCUT2D eigenvalue weighted by molar-refractivity contribution is 8.14. The lowest BCUT2D eigenvalue weighted by Gasteiger charge is -2.10. The molecule has 0 radical (unpaired) electrons. The highest BCUT2D eigenvalue weighted by Gasteiger charge is 2.30. The maximum absolute atomic E-state index is 12.6. The number of aliphatic imine (C=N–C) groups is 1. The van der Waals surface area contributed by atoms with Gasteiger partial charge in [-0.3, -0.25) is 9.59 Å². The second kappa shape index (κ2) is 6.73. The Balaban J connectivity index is 1.93. The van der Waals surface area contributed by atoms with Crippen molar-refractivity contribution >= 4 is 34.4 Å². The van der Waals surface area contributed by atoms with E-state index in [-0.39, 0.29) is 22.3 Å². The number of rotatable bonds is 3. The Hall–Kier alpha value is -2.49. The van der Waals surface area contributed by atoms with E-state index < -0.39 is 23.6 Å². The third-order valence-electron chi connectivity index (χ3n) is 2.51. The van der Waals surface area contributed by atoms with Gasteiger partial charge in [0.1, 0.15) is 5.70 Å². The van der Waals surface area contributed by atoms with Crippen LogP contribution in [0, 0.1) is 0 Å². The number of hydrogen-bond donors (Lipinski definition) is 1.